The number of hydrogen-bond donors (Lipinski definition) is 1. The third-order valence-electron chi connectivity index (χ3n) is 5.03. The predicted octanol–water partition coefficient (Wildman–Crippen LogP) is 3.48. The molecule has 1 amide bonds. The summed E-state index contributed by atoms with van der Waals surface area (Å²) in [6, 6.07) is 13.8. The number of carbonyl (C=O) groups is 1. The van der Waals surface area contributed by atoms with E-state index in [0.29, 0.717) is 12.3 Å². The molecule has 0 spiro atoms. The maximum atomic E-state index is 11.9. The molecule has 27 heavy (non-hydrogen) atoms. The van der Waals surface area contributed by atoms with Crippen LogP contribution in [-0.2, 0) is 11.2 Å². The van der Waals surface area contributed by atoms with Crippen LogP contribution in [0.1, 0.15) is 48.8 Å². The molecule has 1 N–H and O–H groups in total. The van der Waals surface area contributed by atoms with Crippen molar-refractivity contribution in [2.75, 3.05) is 5.32 Å². The highest BCUT2D eigenvalue weighted by molar-refractivity contribution is 5.94. The van der Waals surface area contributed by atoms with E-state index >= 15 is 0 Å². The molecule has 2 heterocycles. The van der Waals surface area contributed by atoms with Gasteiger partial charge in [-0.15, -0.1) is 5.10 Å². The van der Waals surface area contributed by atoms with Crippen LogP contribution in [0.4, 0.5) is 5.69 Å². The molecule has 0 aliphatic heterocycles. The molecule has 0 saturated heterocycles. The number of amides is 1. The Bertz CT molecular complexity index is 956. The first-order valence-corrected chi connectivity index (χ1v) is 9.53. The highest BCUT2D eigenvalue weighted by Crippen LogP contribution is 2.38. The summed E-state index contributed by atoms with van der Waals surface area (Å²) < 4.78 is 1.86. The Morgan fingerprint density at radius 3 is 2.56 bits per heavy atom. The van der Waals surface area contributed by atoms with Crippen LogP contribution in [0.5, 0.6) is 0 Å². The van der Waals surface area contributed by atoms with Crippen molar-refractivity contribution in [1.82, 2.24) is 19.7 Å². The molecule has 0 atom stereocenters. The number of aromatic nitrogens is 4. The van der Waals surface area contributed by atoms with Gasteiger partial charge in [0.2, 0.25) is 5.91 Å². The van der Waals surface area contributed by atoms with E-state index in [9.17, 15) is 4.79 Å². The molecule has 6 heteroatoms. The molecule has 0 unspecified atom stereocenters. The minimum Gasteiger partial charge on any atom is -0.326 e. The standard InChI is InChI=1S/C21H21N5O/c27-21(16-8-9-16)23-17-10-4-14(5-11-17)13-19-24-20(15-6-7-15)25-26(19)18-3-1-2-12-22-18/h1-5,10-12,15-16H,6-9,13H2,(H,23,27). The molecule has 3 aromatic rings. The van der Waals surface area contributed by atoms with E-state index in [1.165, 1.54) is 12.8 Å². The monoisotopic (exact) mass is 359 g/mol. The van der Waals surface area contributed by atoms with Gasteiger partial charge in [0.05, 0.1) is 0 Å². The third-order valence-corrected chi connectivity index (χ3v) is 5.03. The van der Waals surface area contributed by atoms with Crippen molar-refractivity contribution in [2.45, 2.75) is 38.0 Å². The van der Waals surface area contributed by atoms with Crippen LogP contribution in [0, 0.1) is 5.92 Å². The normalized spacial score (nSPS) is 16.3. The molecule has 2 aliphatic rings. The van der Waals surface area contributed by atoms with Crippen molar-refractivity contribution in [2.24, 2.45) is 5.92 Å². The highest BCUT2D eigenvalue weighted by atomic mass is 16.2. The Morgan fingerprint density at radius 2 is 1.89 bits per heavy atom. The van der Waals surface area contributed by atoms with Gasteiger partial charge in [0.1, 0.15) is 5.82 Å². The Hall–Kier alpha value is -3.02. The smallest absolute Gasteiger partial charge is 0.227 e. The second-order valence-corrected chi connectivity index (χ2v) is 7.40. The summed E-state index contributed by atoms with van der Waals surface area (Å²) in [7, 11) is 0. The number of anilines is 1. The molecular weight excluding hydrogens is 338 g/mol. The summed E-state index contributed by atoms with van der Waals surface area (Å²) in [6.07, 6.45) is 6.80. The fourth-order valence-corrected chi connectivity index (χ4v) is 3.13. The highest BCUT2D eigenvalue weighted by Gasteiger charge is 2.30. The van der Waals surface area contributed by atoms with Gasteiger partial charge in [-0.1, -0.05) is 18.2 Å². The van der Waals surface area contributed by atoms with E-state index < -0.39 is 0 Å². The van der Waals surface area contributed by atoms with Gasteiger partial charge in [-0.2, -0.15) is 4.68 Å². The summed E-state index contributed by atoms with van der Waals surface area (Å²) >= 11 is 0. The molecular formula is C21H21N5O. The lowest BCUT2D eigenvalue weighted by Crippen LogP contribution is -2.13. The molecule has 2 aliphatic carbocycles. The molecule has 0 bridgehead atoms. The summed E-state index contributed by atoms with van der Waals surface area (Å²) in [6.45, 7) is 0. The molecule has 6 nitrogen and oxygen atoms in total. The summed E-state index contributed by atoms with van der Waals surface area (Å²) in [4.78, 5) is 21.1. The van der Waals surface area contributed by atoms with Crippen LogP contribution in [0.2, 0.25) is 0 Å². The average Bonchev–Trinajstić information content (AvgIpc) is 3.61. The van der Waals surface area contributed by atoms with E-state index in [0.717, 1.165) is 41.6 Å². The second-order valence-electron chi connectivity index (χ2n) is 7.40. The lowest BCUT2D eigenvalue weighted by atomic mass is 10.1. The quantitative estimate of drug-likeness (QED) is 0.731. The van der Waals surface area contributed by atoms with Crippen molar-refractivity contribution >= 4 is 11.6 Å². The summed E-state index contributed by atoms with van der Waals surface area (Å²) in [5.74, 6) is 3.44. The van der Waals surface area contributed by atoms with Gasteiger partial charge in [0.25, 0.3) is 0 Å². The van der Waals surface area contributed by atoms with Crippen LogP contribution in [-0.4, -0.2) is 25.7 Å². The maximum absolute atomic E-state index is 11.9. The third kappa shape index (κ3) is 3.60. The van der Waals surface area contributed by atoms with Crippen LogP contribution < -0.4 is 5.32 Å². The minimum absolute atomic E-state index is 0.131. The van der Waals surface area contributed by atoms with Gasteiger partial charge < -0.3 is 5.32 Å². The van der Waals surface area contributed by atoms with Crippen LogP contribution in [0.15, 0.2) is 48.7 Å². The van der Waals surface area contributed by atoms with Crippen molar-refractivity contribution in [1.29, 1.82) is 0 Å². The zero-order chi connectivity index (χ0) is 18.2. The largest absolute Gasteiger partial charge is 0.326 e. The molecule has 1 aromatic carbocycles. The minimum atomic E-state index is 0.131. The number of benzene rings is 1. The first-order valence-electron chi connectivity index (χ1n) is 9.53. The summed E-state index contributed by atoms with van der Waals surface area (Å²) in [5.41, 5.74) is 1.98. The Kier molecular flexibility index (Phi) is 3.96. The second kappa shape index (κ2) is 6.61. The molecule has 5 rings (SSSR count). The number of hydrogen-bond acceptors (Lipinski definition) is 4. The van der Waals surface area contributed by atoms with E-state index in [2.05, 4.69) is 10.3 Å². The van der Waals surface area contributed by atoms with Gasteiger partial charge in [-0.3, -0.25) is 4.79 Å². The number of nitrogens with zero attached hydrogens (tertiary/aromatic N) is 4. The van der Waals surface area contributed by atoms with Gasteiger partial charge in [0, 0.05) is 30.1 Å². The van der Waals surface area contributed by atoms with E-state index in [1.54, 1.807) is 6.20 Å². The number of nitrogens with one attached hydrogen (secondary N) is 1. The Labute approximate surface area is 157 Å². The van der Waals surface area contributed by atoms with E-state index in [1.807, 2.05) is 47.1 Å². The number of pyridine rings is 1. The SMILES string of the molecule is O=C(Nc1ccc(Cc2nc(C3CC3)nn2-c2ccccn2)cc1)C1CC1. The van der Waals surface area contributed by atoms with Crippen LogP contribution >= 0.6 is 0 Å². The predicted molar refractivity (Wildman–Crippen MR) is 102 cm³/mol. The van der Waals surface area contributed by atoms with Crippen LogP contribution in [0.25, 0.3) is 5.82 Å². The number of carbonyl (C=O) groups excluding carboxylic acids is 1. The Balaban J connectivity index is 1.37. The zero-order valence-corrected chi connectivity index (χ0v) is 15.0. The summed E-state index contributed by atoms with van der Waals surface area (Å²) in [5, 5.41) is 7.69. The Morgan fingerprint density at radius 1 is 1.07 bits per heavy atom. The van der Waals surface area contributed by atoms with Crippen molar-refractivity contribution < 1.29 is 4.79 Å². The van der Waals surface area contributed by atoms with E-state index in [-0.39, 0.29) is 11.8 Å². The molecule has 2 aromatic heterocycles. The first kappa shape index (κ1) is 16.2. The van der Waals surface area contributed by atoms with Crippen molar-refractivity contribution in [3.8, 4) is 5.82 Å². The molecule has 2 saturated carbocycles. The average molecular weight is 359 g/mol. The fourth-order valence-electron chi connectivity index (χ4n) is 3.13. The van der Waals surface area contributed by atoms with Gasteiger partial charge >= 0.3 is 0 Å². The van der Waals surface area contributed by atoms with Crippen molar-refractivity contribution in [3.05, 3.63) is 65.9 Å². The maximum Gasteiger partial charge on any atom is 0.227 e. The van der Waals surface area contributed by atoms with Crippen LogP contribution in [0.3, 0.4) is 0 Å². The number of rotatable bonds is 6. The zero-order valence-electron chi connectivity index (χ0n) is 15.0. The van der Waals surface area contributed by atoms with Crippen molar-refractivity contribution in [3.63, 3.8) is 0 Å². The first-order chi connectivity index (χ1) is 13.3. The van der Waals surface area contributed by atoms with Gasteiger partial charge in [-0.05, 0) is 55.5 Å². The van der Waals surface area contributed by atoms with E-state index in [4.69, 9.17) is 10.1 Å². The lowest BCUT2D eigenvalue weighted by Gasteiger charge is -2.07. The molecule has 0 radical (unpaired) electrons. The molecule has 2 fully saturated rings. The van der Waals surface area contributed by atoms with Gasteiger partial charge in [-0.25, -0.2) is 9.97 Å². The van der Waals surface area contributed by atoms with Gasteiger partial charge in [0.15, 0.2) is 11.6 Å². The fraction of sp³-hybridized carbons (Fsp3) is 0.333. The molecule has 136 valence electrons. The lowest BCUT2D eigenvalue weighted by molar-refractivity contribution is -0.117. The topological polar surface area (TPSA) is 72.7 Å².